The summed E-state index contributed by atoms with van der Waals surface area (Å²) in [5, 5.41) is 2.68. The third-order valence-electron chi connectivity index (χ3n) is 2.23. The van der Waals surface area contributed by atoms with E-state index >= 15 is 0 Å². The number of amides is 1. The summed E-state index contributed by atoms with van der Waals surface area (Å²) in [4.78, 5) is 16.1. The molecule has 0 bridgehead atoms. The van der Waals surface area contributed by atoms with Crippen molar-refractivity contribution >= 4 is 26.7 Å². The van der Waals surface area contributed by atoms with E-state index in [1.54, 1.807) is 18.2 Å². The number of aliphatic imine (C=N–C) groups is 1. The van der Waals surface area contributed by atoms with E-state index in [4.69, 9.17) is 9.47 Å². The zero-order valence-corrected chi connectivity index (χ0v) is 11.8. The van der Waals surface area contributed by atoms with Gasteiger partial charge >= 0.3 is 113 Å². The minimum absolute atomic E-state index is 0.123. The molecule has 1 radical (unpaired) electrons. The molecule has 6 heteroatoms. The molecule has 1 aliphatic rings. The first-order chi connectivity index (χ1) is 8.56. The molecular formula is C12H13N2O3Se. The van der Waals surface area contributed by atoms with Crippen LogP contribution in [0.1, 0.15) is 24.2 Å². The molecule has 1 heterocycles. The summed E-state index contributed by atoms with van der Waals surface area (Å²) in [5.74, 6) is 1.02. The number of carbonyl (C=O) groups excluding carboxylic acids is 1. The van der Waals surface area contributed by atoms with E-state index in [0.717, 1.165) is 0 Å². The number of ether oxygens (including phenoxy) is 2. The van der Waals surface area contributed by atoms with Gasteiger partial charge in [-0.15, -0.1) is 0 Å². The van der Waals surface area contributed by atoms with Crippen LogP contribution in [-0.2, 0) is 0 Å². The van der Waals surface area contributed by atoms with Gasteiger partial charge in [-0.1, -0.05) is 0 Å². The molecule has 1 aromatic carbocycles. The zero-order valence-electron chi connectivity index (χ0n) is 10.1. The second-order valence-corrected chi connectivity index (χ2v) is 4.86. The minimum atomic E-state index is -0.230. The number of carbonyl (C=O) groups is 1. The summed E-state index contributed by atoms with van der Waals surface area (Å²) in [7, 11) is 0. The standard InChI is InChI=1S/C12H13N2O3Se/c1-7(2)13-12(18)14-11(15)8-3-4-9-10(5-8)17-6-16-9/h3-5,7H,6H2,1-2H3,(H,13,14,15). The molecule has 1 N–H and O–H groups in total. The molecular weight excluding hydrogens is 299 g/mol. The van der Waals surface area contributed by atoms with E-state index in [-0.39, 0.29) is 18.7 Å². The fourth-order valence-electron chi connectivity index (χ4n) is 1.47. The van der Waals surface area contributed by atoms with Crippen LogP contribution in [0.3, 0.4) is 0 Å². The number of nitrogens with one attached hydrogen (secondary N) is 1. The Morgan fingerprint density at radius 2 is 2.11 bits per heavy atom. The molecule has 0 fully saturated rings. The first-order valence-corrected chi connectivity index (χ1v) is 6.37. The Morgan fingerprint density at radius 1 is 1.39 bits per heavy atom. The second kappa shape index (κ2) is 5.42. The second-order valence-electron chi connectivity index (χ2n) is 4.05. The molecule has 0 atom stereocenters. The van der Waals surface area contributed by atoms with Gasteiger partial charge in [-0.25, -0.2) is 0 Å². The zero-order chi connectivity index (χ0) is 13.1. The Hall–Kier alpha value is -1.52. The Bertz CT molecular complexity index is 500. The van der Waals surface area contributed by atoms with Gasteiger partial charge in [0.15, 0.2) is 0 Å². The van der Waals surface area contributed by atoms with Crippen molar-refractivity contribution in [2.75, 3.05) is 6.79 Å². The van der Waals surface area contributed by atoms with Crippen LogP contribution in [0, 0.1) is 0 Å². The molecule has 0 aromatic heterocycles. The summed E-state index contributed by atoms with van der Waals surface area (Å²) in [5.41, 5.74) is 0.506. The van der Waals surface area contributed by atoms with Gasteiger partial charge in [-0.2, -0.15) is 0 Å². The summed E-state index contributed by atoms with van der Waals surface area (Å²) in [6.07, 6.45) is 0. The first kappa shape index (κ1) is 12.9. The van der Waals surface area contributed by atoms with Crippen LogP contribution in [0.25, 0.3) is 0 Å². The van der Waals surface area contributed by atoms with Crippen molar-refractivity contribution in [1.82, 2.24) is 5.32 Å². The Morgan fingerprint density at radius 3 is 2.83 bits per heavy atom. The molecule has 1 amide bonds. The molecule has 0 unspecified atom stereocenters. The van der Waals surface area contributed by atoms with E-state index in [0.29, 0.717) is 21.8 Å². The van der Waals surface area contributed by atoms with E-state index in [1.807, 2.05) is 13.8 Å². The summed E-state index contributed by atoms with van der Waals surface area (Å²) in [6, 6.07) is 5.18. The number of rotatable bonds is 2. The number of fused-ring (bicyclic) bond motifs is 1. The average Bonchev–Trinajstić information content (AvgIpc) is 2.74. The van der Waals surface area contributed by atoms with Gasteiger partial charge in [0.25, 0.3) is 0 Å². The summed E-state index contributed by atoms with van der Waals surface area (Å²) < 4.78 is 10.9. The van der Waals surface area contributed by atoms with Crippen molar-refractivity contribution in [2.24, 2.45) is 4.99 Å². The molecule has 0 saturated heterocycles. The van der Waals surface area contributed by atoms with E-state index in [2.05, 4.69) is 26.3 Å². The van der Waals surface area contributed by atoms with Crippen LogP contribution in [0.15, 0.2) is 23.2 Å². The number of benzene rings is 1. The van der Waals surface area contributed by atoms with Crippen LogP contribution < -0.4 is 14.8 Å². The van der Waals surface area contributed by atoms with Gasteiger partial charge in [0.2, 0.25) is 0 Å². The molecule has 2 rings (SSSR count). The van der Waals surface area contributed by atoms with Crippen LogP contribution >= 0.6 is 0 Å². The molecule has 95 valence electrons. The normalized spacial score (nSPS) is 13.8. The van der Waals surface area contributed by atoms with Gasteiger partial charge in [0, 0.05) is 0 Å². The number of nitrogens with zero attached hydrogens (tertiary/aromatic N) is 1. The van der Waals surface area contributed by atoms with Crippen molar-refractivity contribution in [2.45, 2.75) is 19.9 Å². The Balaban J connectivity index is 2.10. The Kier molecular flexibility index (Phi) is 3.89. The molecule has 18 heavy (non-hydrogen) atoms. The van der Waals surface area contributed by atoms with Crippen LogP contribution in [-0.4, -0.2) is 39.5 Å². The fourth-order valence-corrected chi connectivity index (χ4v) is 2.11. The van der Waals surface area contributed by atoms with E-state index < -0.39 is 0 Å². The number of hydrogen-bond acceptors (Lipinski definition) is 4. The van der Waals surface area contributed by atoms with E-state index in [1.165, 1.54) is 0 Å². The summed E-state index contributed by atoms with van der Waals surface area (Å²) in [6.45, 7) is 4.07. The fraction of sp³-hybridized carbons (Fsp3) is 0.333. The van der Waals surface area contributed by atoms with Crippen molar-refractivity contribution in [3.8, 4) is 11.5 Å². The van der Waals surface area contributed by atoms with Crippen molar-refractivity contribution in [3.05, 3.63) is 23.8 Å². The molecule has 1 aromatic rings. The van der Waals surface area contributed by atoms with Gasteiger partial charge in [-0.3, -0.25) is 0 Å². The molecule has 5 nitrogen and oxygen atoms in total. The predicted molar refractivity (Wildman–Crippen MR) is 68.4 cm³/mol. The molecule has 0 aliphatic carbocycles. The van der Waals surface area contributed by atoms with Gasteiger partial charge in [0.1, 0.15) is 0 Å². The van der Waals surface area contributed by atoms with Gasteiger partial charge in [0.05, 0.1) is 0 Å². The van der Waals surface area contributed by atoms with Crippen LogP contribution in [0.4, 0.5) is 0 Å². The Labute approximate surface area is 113 Å². The SMILES string of the molecule is CC(C)N=C([Se])NC(=O)c1ccc2c(c1)OCO2. The molecule has 1 aliphatic heterocycles. The van der Waals surface area contributed by atoms with Crippen molar-refractivity contribution < 1.29 is 14.3 Å². The van der Waals surface area contributed by atoms with Crippen LogP contribution in [0.5, 0.6) is 11.5 Å². The van der Waals surface area contributed by atoms with Gasteiger partial charge in [-0.05, 0) is 0 Å². The first-order valence-electron chi connectivity index (χ1n) is 5.52. The molecule has 0 saturated carbocycles. The van der Waals surface area contributed by atoms with Crippen LogP contribution in [0.2, 0.25) is 0 Å². The third-order valence-corrected chi connectivity index (χ3v) is 2.67. The van der Waals surface area contributed by atoms with Crippen molar-refractivity contribution in [1.29, 1.82) is 0 Å². The van der Waals surface area contributed by atoms with Gasteiger partial charge < -0.3 is 0 Å². The van der Waals surface area contributed by atoms with Crippen molar-refractivity contribution in [3.63, 3.8) is 0 Å². The third kappa shape index (κ3) is 3.03. The summed E-state index contributed by atoms with van der Waals surface area (Å²) >= 11 is 2.72. The topological polar surface area (TPSA) is 59.9 Å². The maximum atomic E-state index is 11.9. The number of amidine groups is 1. The molecule has 0 spiro atoms. The quantitative estimate of drug-likeness (QED) is 0.505. The maximum absolute atomic E-state index is 11.9. The predicted octanol–water partition coefficient (Wildman–Crippen LogP) is 1.08. The average molecular weight is 312 g/mol. The number of hydrogen-bond donors (Lipinski definition) is 1. The monoisotopic (exact) mass is 313 g/mol. The van der Waals surface area contributed by atoms with E-state index in [9.17, 15) is 4.79 Å².